The molecule has 0 fully saturated rings. The zero-order valence-corrected chi connectivity index (χ0v) is 18.4. The molecule has 0 atom stereocenters. The van der Waals surface area contributed by atoms with Crippen LogP contribution in [0.3, 0.4) is 0 Å². The van der Waals surface area contributed by atoms with Crippen molar-refractivity contribution in [2.45, 2.75) is 13.3 Å². The molecule has 1 N–H and O–H groups in total. The van der Waals surface area contributed by atoms with Crippen LogP contribution in [0.2, 0.25) is 0 Å². The zero-order valence-electron chi connectivity index (χ0n) is 16.0. The van der Waals surface area contributed by atoms with Crippen LogP contribution in [-0.4, -0.2) is 25.6 Å². The Morgan fingerprint density at radius 3 is 2.55 bits per heavy atom. The molecular formula is C22H20BrNO4S. The summed E-state index contributed by atoms with van der Waals surface area (Å²) in [5.41, 5.74) is 3.18. The van der Waals surface area contributed by atoms with Crippen molar-refractivity contribution in [3.8, 4) is 16.9 Å². The maximum Gasteiger partial charge on any atom is 0.341 e. The summed E-state index contributed by atoms with van der Waals surface area (Å²) >= 11 is 4.64. The van der Waals surface area contributed by atoms with Gasteiger partial charge < -0.3 is 14.8 Å². The number of hydrogen-bond donors (Lipinski definition) is 1. The van der Waals surface area contributed by atoms with Gasteiger partial charge in [0.25, 0.3) is 5.91 Å². The molecule has 7 heteroatoms. The van der Waals surface area contributed by atoms with Gasteiger partial charge in [0, 0.05) is 15.4 Å². The molecule has 29 heavy (non-hydrogen) atoms. The van der Waals surface area contributed by atoms with Gasteiger partial charge in [-0.3, -0.25) is 4.79 Å². The van der Waals surface area contributed by atoms with E-state index < -0.39 is 5.97 Å². The lowest BCUT2D eigenvalue weighted by Gasteiger charge is -2.09. The molecule has 1 amide bonds. The van der Waals surface area contributed by atoms with Crippen molar-refractivity contribution >= 4 is 44.1 Å². The van der Waals surface area contributed by atoms with E-state index in [4.69, 9.17) is 9.47 Å². The molecule has 0 spiro atoms. The number of hydrogen-bond acceptors (Lipinski definition) is 5. The molecule has 0 aliphatic rings. The first-order valence-corrected chi connectivity index (χ1v) is 10.7. The smallest absolute Gasteiger partial charge is 0.341 e. The number of carbonyl (C=O) groups excluding carboxylic acids is 2. The molecule has 5 nitrogen and oxygen atoms in total. The van der Waals surface area contributed by atoms with Crippen LogP contribution in [0.25, 0.3) is 11.1 Å². The Balaban J connectivity index is 1.78. The average Bonchev–Trinajstić information content (AvgIpc) is 3.15. The van der Waals surface area contributed by atoms with Crippen molar-refractivity contribution in [1.29, 1.82) is 0 Å². The van der Waals surface area contributed by atoms with Crippen LogP contribution in [-0.2, 0) is 16.0 Å². The molecule has 0 saturated heterocycles. The van der Waals surface area contributed by atoms with Crippen LogP contribution < -0.4 is 10.1 Å². The maximum atomic E-state index is 12.4. The highest BCUT2D eigenvalue weighted by Crippen LogP contribution is 2.36. The van der Waals surface area contributed by atoms with E-state index in [2.05, 4.69) is 28.2 Å². The van der Waals surface area contributed by atoms with Crippen LogP contribution in [0.5, 0.6) is 5.75 Å². The average molecular weight is 474 g/mol. The van der Waals surface area contributed by atoms with Crippen molar-refractivity contribution in [2.24, 2.45) is 0 Å². The molecular weight excluding hydrogens is 454 g/mol. The number of aryl methyl sites for hydroxylation is 1. The number of carbonyl (C=O) groups is 2. The quantitative estimate of drug-likeness (QED) is 0.457. The summed E-state index contributed by atoms with van der Waals surface area (Å²) in [7, 11) is 1.33. The number of nitrogens with one attached hydrogen (secondary N) is 1. The van der Waals surface area contributed by atoms with E-state index in [1.807, 2.05) is 41.8 Å². The summed E-state index contributed by atoms with van der Waals surface area (Å²) in [6.07, 6.45) is 0.938. The van der Waals surface area contributed by atoms with E-state index in [1.54, 1.807) is 12.1 Å². The predicted octanol–water partition coefficient (Wildman–Crippen LogP) is 5.54. The number of methoxy groups -OCH3 is 1. The monoisotopic (exact) mass is 473 g/mol. The van der Waals surface area contributed by atoms with E-state index in [0.29, 0.717) is 16.3 Å². The molecule has 0 radical (unpaired) electrons. The molecule has 1 heterocycles. The third-order valence-corrected chi connectivity index (χ3v) is 5.66. The van der Waals surface area contributed by atoms with Crippen molar-refractivity contribution in [3.05, 3.63) is 69.5 Å². The van der Waals surface area contributed by atoms with Crippen molar-refractivity contribution in [1.82, 2.24) is 0 Å². The fourth-order valence-electron chi connectivity index (χ4n) is 2.76. The summed E-state index contributed by atoms with van der Waals surface area (Å²) in [5, 5.41) is 5.05. The third kappa shape index (κ3) is 5.25. The number of halogens is 1. The summed E-state index contributed by atoms with van der Waals surface area (Å²) in [5.74, 6) is -0.278. The van der Waals surface area contributed by atoms with Gasteiger partial charge >= 0.3 is 5.97 Å². The molecule has 3 aromatic rings. The number of anilines is 1. The van der Waals surface area contributed by atoms with E-state index in [1.165, 1.54) is 24.0 Å². The second-order valence-electron chi connectivity index (χ2n) is 6.19. The van der Waals surface area contributed by atoms with Gasteiger partial charge in [-0.1, -0.05) is 53.2 Å². The molecule has 0 aliphatic heterocycles. The summed E-state index contributed by atoms with van der Waals surface area (Å²) in [6.45, 7) is 1.92. The Morgan fingerprint density at radius 1 is 1.14 bits per heavy atom. The molecule has 3 rings (SSSR count). The zero-order chi connectivity index (χ0) is 20.8. The molecule has 0 unspecified atom stereocenters. The minimum Gasteiger partial charge on any atom is -0.484 e. The lowest BCUT2D eigenvalue weighted by atomic mass is 10.0. The number of thiophene rings is 1. The molecule has 0 bridgehead atoms. The SMILES string of the molecule is CCc1ccc(-c2csc(NC(=O)COc3cccc(Br)c3)c2C(=O)OC)cc1. The van der Waals surface area contributed by atoms with Gasteiger partial charge in [0.15, 0.2) is 6.61 Å². The van der Waals surface area contributed by atoms with Gasteiger partial charge in [0.2, 0.25) is 0 Å². The summed E-state index contributed by atoms with van der Waals surface area (Å²) < 4.78 is 11.3. The van der Waals surface area contributed by atoms with Gasteiger partial charge in [-0.15, -0.1) is 11.3 Å². The Morgan fingerprint density at radius 2 is 1.90 bits per heavy atom. The first-order chi connectivity index (χ1) is 14.0. The third-order valence-electron chi connectivity index (χ3n) is 4.27. The highest BCUT2D eigenvalue weighted by atomic mass is 79.9. The number of ether oxygens (including phenoxy) is 2. The second kappa shape index (κ2) is 9.71. The highest BCUT2D eigenvalue weighted by Gasteiger charge is 2.22. The summed E-state index contributed by atoms with van der Waals surface area (Å²) in [6, 6.07) is 15.2. The highest BCUT2D eigenvalue weighted by molar-refractivity contribution is 9.10. The number of rotatable bonds is 7. The maximum absolute atomic E-state index is 12.4. The standard InChI is InChI=1S/C22H20BrNO4S/c1-3-14-7-9-15(10-8-14)18-13-29-21(20(18)22(26)27-2)24-19(25)12-28-17-6-4-5-16(23)11-17/h4-11,13H,3,12H2,1-2H3,(H,24,25). The lowest BCUT2D eigenvalue weighted by Crippen LogP contribution is -2.21. The van der Waals surface area contributed by atoms with Gasteiger partial charge in [0.1, 0.15) is 16.3 Å². The Hall–Kier alpha value is -2.64. The van der Waals surface area contributed by atoms with E-state index in [0.717, 1.165) is 22.0 Å². The Labute approximate surface area is 181 Å². The predicted molar refractivity (Wildman–Crippen MR) is 119 cm³/mol. The first kappa shape index (κ1) is 21.1. The number of benzene rings is 2. The van der Waals surface area contributed by atoms with E-state index in [9.17, 15) is 9.59 Å². The van der Waals surface area contributed by atoms with Gasteiger partial charge in [0.05, 0.1) is 7.11 Å². The first-order valence-electron chi connectivity index (χ1n) is 8.99. The largest absolute Gasteiger partial charge is 0.484 e. The van der Waals surface area contributed by atoms with Crippen LogP contribution in [0, 0.1) is 0 Å². The minimum atomic E-state index is -0.496. The van der Waals surface area contributed by atoms with Crippen LogP contribution in [0.15, 0.2) is 58.4 Å². The lowest BCUT2D eigenvalue weighted by molar-refractivity contribution is -0.118. The van der Waals surface area contributed by atoms with Crippen LogP contribution in [0.1, 0.15) is 22.8 Å². The normalized spacial score (nSPS) is 10.4. The van der Waals surface area contributed by atoms with Crippen molar-refractivity contribution < 1.29 is 19.1 Å². The Kier molecular flexibility index (Phi) is 7.06. The number of amides is 1. The molecule has 0 aliphatic carbocycles. The molecule has 0 saturated carbocycles. The van der Waals surface area contributed by atoms with Crippen molar-refractivity contribution in [3.63, 3.8) is 0 Å². The summed E-state index contributed by atoms with van der Waals surface area (Å²) in [4.78, 5) is 24.8. The van der Waals surface area contributed by atoms with Gasteiger partial charge in [-0.2, -0.15) is 0 Å². The second-order valence-corrected chi connectivity index (χ2v) is 7.99. The van der Waals surface area contributed by atoms with E-state index >= 15 is 0 Å². The van der Waals surface area contributed by atoms with Gasteiger partial charge in [-0.25, -0.2) is 4.79 Å². The van der Waals surface area contributed by atoms with Gasteiger partial charge in [-0.05, 0) is 35.7 Å². The molecule has 150 valence electrons. The van der Waals surface area contributed by atoms with Crippen LogP contribution in [0.4, 0.5) is 5.00 Å². The molecule has 1 aromatic heterocycles. The van der Waals surface area contributed by atoms with Crippen molar-refractivity contribution in [2.75, 3.05) is 19.0 Å². The number of esters is 1. The topological polar surface area (TPSA) is 64.6 Å². The fraction of sp³-hybridized carbons (Fsp3) is 0.182. The van der Waals surface area contributed by atoms with Crippen LogP contribution >= 0.6 is 27.3 Å². The fourth-order valence-corrected chi connectivity index (χ4v) is 4.11. The molecule has 2 aromatic carbocycles. The Bertz CT molecular complexity index is 1010. The van der Waals surface area contributed by atoms with E-state index in [-0.39, 0.29) is 12.5 Å². The minimum absolute atomic E-state index is 0.171.